The van der Waals surface area contributed by atoms with Crippen LogP contribution in [0.5, 0.6) is 0 Å². The van der Waals surface area contributed by atoms with E-state index >= 15 is 0 Å². The van der Waals surface area contributed by atoms with E-state index in [2.05, 4.69) is 19.7 Å². The van der Waals surface area contributed by atoms with E-state index < -0.39 is 10.2 Å². The molecule has 4 rings (SSSR count). The van der Waals surface area contributed by atoms with Gasteiger partial charge in [0.05, 0.1) is 5.69 Å². The average molecular weight is 403 g/mol. The summed E-state index contributed by atoms with van der Waals surface area (Å²) in [5.74, 6) is 0.623. The number of anilines is 1. The maximum absolute atomic E-state index is 12.7. The molecule has 150 valence electrons. The third-order valence-electron chi connectivity index (χ3n) is 5.29. The van der Waals surface area contributed by atoms with E-state index in [-0.39, 0.29) is 6.04 Å². The maximum atomic E-state index is 12.7. The number of hydrogen-bond donors (Lipinski definition) is 1. The maximum Gasteiger partial charge on any atom is 0.279 e. The Bertz CT molecular complexity index is 884. The van der Waals surface area contributed by atoms with Crippen molar-refractivity contribution in [2.75, 3.05) is 31.1 Å². The van der Waals surface area contributed by atoms with Crippen LogP contribution in [-0.2, 0) is 10.2 Å². The molecule has 0 spiro atoms. The van der Waals surface area contributed by atoms with E-state index in [0.717, 1.165) is 49.9 Å². The van der Waals surface area contributed by atoms with Crippen molar-refractivity contribution in [1.29, 1.82) is 0 Å². The van der Waals surface area contributed by atoms with Crippen LogP contribution in [0.3, 0.4) is 0 Å². The summed E-state index contributed by atoms with van der Waals surface area (Å²) >= 11 is 0. The van der Waals surface area contributed by atoms with Gasteiger partial charge in [-0.1, -0.05) is 12.8 Å². The van der Waals surface area contributed by atoms with E-state index in [1.165, 1.54) is 0 Å². The number of nitrogens with one attached hydrogen (secondary N) is 1. The van der Waals surface area contributed by atoms with Crippen LogP contribution >= 0.6 is 0 Å². The van der Waals surface area contributed by atoms with Crippen molar-refractivity contribution in [3.63, 3.8) is 0 Å². The van der Waals surface area contributed by atoms with Crippen LogP contribution in [0.25, 0.3) is 11.3 Å². The fourth-order valence-corrected chi connectivity index (χ4v) is 5.28. The lowest BCUT2D eigenvalue weighted by Gasteiger charge is -2.23. The van der Waals surface area contributed by atoms with Crippen LogP contribution in [0.4, 0.5) is 5.95 Å². The van der Waals surface area contributed by atoms with Gasteiger partial charge in [-0.2, -0.15) is 17.4 Å². The highest BCUT2D eigenvalue weighted by Gasteiger charge is 2.31. The van der Waals surface area contributed by atoms with Crippen LogP contribution < -0.4 is 9.62 Å². The van der Waals surface area contributed by atoms with Gasteiger partial charge in [0.1, 0.15) is 0 Å². The molecule has 0 bridgehead atoms. The van der Waals surface area contributed by atoms with Gasteiger partial charge in [0.15, 0.2) is 0 Å². The fourth-order valence-electron chi connectivity index (χ4n) is 3.78. The molecule has 2 fully saturated rings. The summed E-state index contributed by atoms with van der Waals surface area (Å²) in [5.41, 5.74) is 1.75. The lowest BCUT2D eigenvalue weighted by Crippen LogP contribution is -2.46. The standard InChI is InChI=1S/C19H26N6O2S/c26-28(27,25-11-3-1-2-4-12-25)23-17-8-13-24(15-17)19-21-10-7-18(22-19)16-6-5-9-20-14-16/h5-7,9-10,14,17,23H,1-4,8,11-13,15H2. The summed E-state index contributed by atoms with van der Waals surface area (Å²) in [5, 5.41) is 0. The molecule has 2 aromatic rings. The first-order valence-corrected chi connectivity index (χ1v) is 11.3. The second-order valence-corrected chi connectivity index (χ2v) is 9.05. The molecule has 28 heavy (non-hydrogen) atoms. The molecule has 0 saturated carbocycles. The third-order valence-corrected chi connectivity index (χ3v) is 6.97. The number of rotatable bonds is 5. The number of aromatic nitrogens is 3. The zero-order valence-corrected chi connectivity index (χ0v) is 16.7. The van der Waals surface area contributed by atoms with Crippen molar-refractivity contribution >= 4 is 16.2 Å². The third kappa shape index (κ3) is 4.48. The van der Waals surface area contributed by atoms with Gasteiger partial charge in [-0.15, -0.1) is 0 Å². The Morgan fingerprint density at radius 3 is 2.61 bits per heavy atom. The SMILES string of the molecule is O=S(=O)(NC1CCN(c2nccc(-c3cccnc3)n2)C1)N1CCCCCC1. The number of hydrogen-bond acceptors (Lipinski definition) is 6. The fraction of sp³-hybridized carbons (Fsp3) is 0.526. The molecule has 0 radical (unpaired) electrons. The second kappa shape index (κ2) is 8.50. The summed E-state index contributed by atoms with van der Waals surface area (Å²) in [6.07, 6.45) is 10.1. The summed E-state index contributed by atoms with van der Waals surface area (Å²) in [4.78, 5) is 15.2. The highest BCUT2D eigenvalue weighted by Crippen LogP contribution is 2.21. The number of nitrogens with zero attached hydrogens (tertiary/aromatic N) is 5. The Morgan fingerprint density at radius 1 is 1.04 bits per heavy atom. The van der Waals surface area contributed by atoms with Gasteiger partial charge in [0.25, 0.3) is 10.2 Å². The van der Waals surface area contributed by atoms with Gasteiger partial charge in [0.2, 0.25) is 5.95 Å². The highest BCUT2D eigenvalue weighted by molar-refractivity contribution is 7.87. The molecule has 1 N–H and O–H groups in total. The first-order chi connectivity index (χ1) is 13.6. The molecular formula is C19H26N6O2S. The number of pyridine rings is 1. The molecule has 0 aromatic carbocycles. The van der Waals surface area contributed by atoms with Crippen molar-refractivity contribution in [3.8, 4) is 11.3 Å². The van der Waals surface area contributed by atoms with E-state index in [1.807, 2.05) is 23.1 Å². The van der Waals surface area contributed by atoms with Crippen molar-refractivity contribution in [2.45, 2.75) is 38.1 Å². The Morgan fingerprint density at radius 2 is 1.86 bits per heavy atom. The quantitative estimate of drug-likeness (QED) is 0.820. The molecular weight excluding hydrogens is 376 g/mol. The monoisotopic (exact) mass is 402 g/mol. The average Bonchev–Trinajstić information content (AvgIpc) is 2.99. The zero-order chi connectivity index (χ0) is 19.4. The molecule has 2 aliphatic rings. The molecule has 4 heterocycles. The Labute approximate surface area is 166 Å². The molecule has 1 atom stereocenters. The van der Waals surface area contributed by atoms with Crippen LogP contribution in [0, 0.1) is 0 Å². The summed E-state index contributed by atoms with van der Waals surface area (Å²) in [6.45, 7) is 2.53. The molecule has 8 nitrogen and oxygen atoms in total. The van der Waals surface area contributed by atoms with Gasteiger partial charge < -0.3 is 4.90 Å². The van der Waals surface area contributed by atoms with E-state index in [4.69, 9.17) is 0 Å². The lowest BCUT2D eigenvalue weighted by molar-refractivity contribution is 0.409. The summed E-state index contributed by atoms with van der Waals surface area (Å²) < 4.78 is 30.0. The smallest absolute Gasteiger partial charge is 0.279 e. The van der Waals surface area contributed by atoms with Gasteiger partial charge in [-0.3, -0.25) is 4.98 Å². The molecule has 2 aliphatic heterocycles. The van der Waals surface area contributed by atoms with E-state index in [0.29, 0.717) is 25.6 Å². The Kier molecular flexibility index (Phi) is 5.84. The predicted octanol–water partition coefficient (Wildman–Crippen LogP) is 1.83. The normalized spacial score (nSPS) is 21.6. The second-order valence-electron chi connectivity index (χ2n) is 7.35. The van der Waals surface area contributed by atoms with E-state index in [9.17, 15) is 8.42 Å². The first-order valence-electron chi connectivity index (χ1n) is 9.88. The summed E-state index contributed by atoms with van der Waals surface area (Å²) in [7, 11) is -3.44. The van der Waals surface area contributed by atoms with Crippen LogP contribution in [0.15, 0.2) is 36.8 Å². The molecule has 2 aromatic heterocycles. The van der Waals surface area contributed by atoms with Crippen molar-refractivity contribution in [3.05, 3.63) is 36.8 Å². The van der Waals surface area contributed by atoms with Crippen molar-refractivity contribution < 1.29 is 8.42 Å². The van der Waals surface area contributed by atoms with Gasteiger partial charge >= 0.3 is 0 Å². The van der Waals surface area contributed by atoms with Crippen LogP contribution in [0.2, 0.25) is 0 Å². The Balaban J connectivity index is 1.41. The van der Waals surface area contributed by atoms with E-state index in [1.54, 1.807) is 22.9 Å². The minimum absolute atomic E-state index is 0.126. The molecule has 1 unspecified atom stereocenters. The summed E-state index contributed by atoms with van der Waals surface area (Å²) in [6, 6.07) is 5.57. The first kappa shape index (κ1) is 19.2. The molecule has 0 aliphatic carbocycles. The van der Waals surface area contributed by atoms with Gasteiger partial charge in [-0.05, 0) is 37.5 Å². The van der Waals surface area contributed by atoms with Crippen LogP contribution in [0.1, 0.15) is 32.1 Å². The minimum atomic E-state index is -3.44. The van der Waals surface area contributed by atoms with Crippen LogP contribution in [-0.4, -0.2) is 59.9 Å². The van der Waals surface area contributed by atoms with Crippen molar-refractivity contribution in [2.24, 2.45) is 0 Å². The van der Waals surface area contributed by atoms with Gasteiger partial charge in [0, 0.05) is 56.4 Å². The molecule has 2 saturated heterocycles. The molecule has 9 heteroatoms. The van der Waals surface area contributed by atoms with Crippen molar-refractivity contribution in [1.82, 2.24) is 24.0 Å². The topological polar surface area (TPSA) is 91.3 Å². The van der Waals surface area contributed by atoms with Gasteiger partial charge in [-0.25, -0.2) is 9.97 Å². The predicted molar refractivity (Wildman–Crippen MR) is 108 cm³/mol. The highest BCUT2D eigenvalue weighted by atomic mass is 32.2. The lowest BCUT2D eigenvalue weighted by atomic mass is 10.2. The zero-order valence-electron chi connectivity index (χ0n) is 15.9. The Hall–Kier alpha value is -2.10. The minimum Gasteiger partial charge on any atom is -0.339 e. The largest absolute Gasteiger partial charge is 0.339 e. The molecule has 0 amide bonds.